The summed E-state index contributed by atoms with van der Waals surface area (Å²) in [5.41, 5.74) is 0. The van der Waals surface area contributed by atoms with Gasteiger partial charge in [-0.1, -0.05) is 13.8 Å². The van der Waals surface area contributed by atoms with Gasteiger partial charge in [0.1, 0.15) is 5.78 Å². The predicted molar refractivity (Wildman–Crippen MR) is 52.6 cm³/mol. The summed E-state index contributed by atoms with van der Waals surface area (Å²) in [5, 5.41) is 0. The Morgan fingerprint density at radius 1 is 1.42 bits per heavy atom. The molecular weight excluding hydrogens is 172 g/mol. The summed E-state index contributed by atoms with van der Waals surface area (Å²) in [7, 11) is -0.719. The molecule has 0 saturated heterocycles. The highest BCUT2D eigenvalue weighted by atomic mass is 32.2. The van der Waals surface area contributed by atoms with Gasteiger partial charge in [-0.05, 0) is 19.3 Å². The molecule has 0 rings (SSSR count). The zero-order chi connectivity index (χ0) is 9.56. The average molecular weight is 190 g/mol. The highest BCUT2D eigenvalue weighted by Crippen LogP contribution is 1.99. The van der Waals surface area contributed by atoms with E-state index in [0.29, 0.717) is 18.1 Å². The Morgan fingerprint density at radius 2 is 2.00 bits per heavy atom. The highest BCUT2D eigenvalue weighted by molar-refractivity contribution is 7.84. The molecule has 0 heterocycles. The molecule has 0 fully saturated rings. The molecule has 0 spiro atoms. The third kappa shape index (κ3) is 7.92. The van der Waals surface area contributed by atoms with E-state index < -0.39 is 10.8 Å². The smallest absolute Gasteiger partial charge is 0.129 e. The van der Waals surface area contributed by atoms with Gasteiger partial charge in [-0.25, -0.2) is 0 Å². The Labute approximate surface area is 77.2 Å². The van der Waals surface area contributed by atoms with Crippen molar-refractivity contribution >= 4 is 16.6 Å². The molecule has 0 aliphatic rings. The molecule has 0 aliphatic carbocycles. The van der Waals surface area contributed by atoms with Crippen molar-refractivity contribution in [2.45, 2.75) is 33.6 Å². The lowest BCUT2D eigenvalue weighted by molar-refractivity contribution is -0.117. The van der Waals surface area contributed by atoms with Gasteiger partial charge in [0.25, 0.3) is 0 Å². The molecule has 1 atom stereocenters. The van der Waals surface area contributed by atoms with E-state index in [4.69, 9.17) is 0 Å². The lowest BCUT2D eigenvalue weighted by Crippen LogP contribution is -2.08. The Kier molecular flexibility index (Phi) is 6.25. The van der Waals surface area contributed by atoms with Crippen molar-refractivity contribution in [3.63, 3.8) is 0 Å². The number of carbonyl (C=O) groups excluding carboxylic acids is 1. The number of rotatable bonds is 6. The van der Waals surface area contributed by atoms with Crippen LogP contribution >= 0.6 is 0 Å². The van der Waals surface area contributed by atoms with Crippen molar-refractivity contribution in [2.24, 2.45) is 5.92 Å². The van der Waals surface area contributed by atoms with Gasteiger partial charge in [0, 0.05) is 28.7 Å². The maximum Gasteiger partial charge on any atom is 0.129 e. The van der Waals surface area contributed by atoms with Crippen LogP contribution in [0.15, 0.2) is 0 Å². The van der Waals surface area contributed by atoms with Crippen molar-refractivity contribution in [3.05, 3.63) is 0 Å². The van der Waals surface area contributed by atoms with E-state index in [1.165, 1.54) is 0 Å². The van der Waals surface area contributed by atoms with Crippen LogP contribution in [0.1, 0.15) is 33.6 Å². The summed E-state index contributed by atoms with van der Waals surface area (Å²) in [5.74, 6) is 2.12. The fourth-order valence-corrected chi connectivity index (χ4v) is 2.31. The Morgan fingerprint density at radius 3 is 2.42 bits per heavy atom. The van der Waals surface area contributed by atoms with E-state index in [1.807, 2.05) is 0 Å². The molecule has 0 N–H and O–H groups in total. The minimum atomic E-state index is -0.719. The molecule has 0 radical (unpaired) electrons. The predicted octanol–water partition coefficient (Wildman–Crippen LogP) is 1.76. The van der Waals surface area contributed by atoms with Crippen LogP contribution < -0.4 is 0 Å². The van der Waals surface area contributed by atoms with Crippen LogP contribution in [0.25, 0.3) is 0 Å². The minimum Gasteiger partial charge on any atom is -0.300 e. The lowest BCUT2D eigenvalue weighted by atomic mass is 10.3. The molecule has 0 bridgehead atoms. The van der Waals surface area contributed by atoms with Crippen molar-refractivity contribution in [3.8, 4) is 0 Å². The second kappa shape index (κ2) is 6.35. The van der Waals surface area contributed by atoms with Crippen LogP contribution in [0.3, 0.4) is 0 Å². The van der Waals surface area contributed by atoms with Gasteiger partial charge in [0.2, 0.25) is 0 Å². The quantitative estimate of drug-likeness (QED) is 0.639. The first-order chi connectivity index (χ1) is 5.52. The summed E-state index contributed by atoms with van der Waals surface area (Å²) in [6, 6.07) is 0. The zero-order valence-electron chi connectivity index (χ0n) is 8.13. The number of ketones is 1. The number of carbonyl (C=O) groups is 1. The van der Waals surface area contributed by atoms with Crippen LogP contribution in [0.2, 0.25) is 0 Å². The second-order valence-corrected chi connectivity index (χ2v) is 5.13. The molecule has 72 valence electrons. The van der Waals surface area contributed by atoms with Gasteiger partial charge in [-0.2, -0.15) is 0 Å². The molecule has 0 aromatic carbocycles. The maximum absolute atomic E-state index is 11.2. The lowest BCUT2D eigenvalue weighted by Gasteiger charge is -2.03. The van der Waals surface area contributed by atoms with E-state index in [9.17, 15) is 9.00 Å². The molecule has 1 unspecified atom stereocenters. The molecule has 0 aromatic rings. The molecule has 2 nitrogen and oxygen atoms in total. The first kappa shape index (κ1) is 11.8. The van der Waals surface area contributed by atoms with E-state index in [0.717, 1.165) is 12.2 Å². The Bertz CT molecular complexity index is 164. The van der Waals surface area contributed by atoms with Gasteiger partial charge < -0.3 is 4.79 Å². The molecule has 3 heteroatoms. The van der Waals surface area contributed by atoms with Crippen molar-refractivity contribution in [1.29, 1.82) is 0 Å². The highest BCUT2D eigenvalue weighted by Gasteiger charge is 2.03. The van der Waals surface area contributed by atoms with E-state index in [-0.39, 0.29) is 5.78 Å². The van der Waals surface area contributed by atoms with Gasteiger partial charge in [0.15, 0.2) is 0 Å². The maximum atomic E-state index is 11.2. The largest absolute Gasteiger partial charge is 0.300 e. The second-order valence-electron chi connectivity index (χ2n) is 3.51. The number of Topliss-reactive ketones (excluding diaryl/α,β-unsaturated/α-hetero) is 1. The first-order valence-electron chi connectivity index (χ1n) is 4.36. The zero-order valence-corrected chi connectivity index (χ0v) is 8.95. The number of hydrogen-bond donors (Lipinski definition) is 0. The van der Waals surface area contributed by atoms with Crippen molar-refractivity contribution in [2.75, 3.05) is 11.5 Å². The van der Waals surface area contributed by atoms with Crippen LogP contribution in [-0.4, -0.2) is 21.5 Å². The van der Waals surface area contributed by atoms with Gasteiger partial charge in [0.05, 0.1) is 0 Å². The normalized spacial score (nSPS) is 13.3. The summed E-state index contributed by atoms with van der Waals surface area (Å²) in [6.45, 7) is 5.69. The Balaban J connectivity index is 3.38. The van der Waals surface area contributed by atoms with Crippen LogP contribution in [0.4, 0.5) is 0 Å². The average Bonchev–Trinajstić information content (AvgIpc) is 1.84. The minimum absolute atomic E-state index is 0.191. The SMILES string of the molecule is CC(=O)CCCS(=O)CC(C)C. The van der Waals surface area contributed by atoms with Crippen LogP contribution in [0.5, 0.6) is 0 Å². The molecule has 0 saturated carbocycles. The fourth-order valence-electron chi connectivity index (χ4n) is 0.937. The third-order valence-corrected chi connectivity index (χ3v) is 3.20. The van der Waals surface area contributed by atoms with E-state index in [2.05, 4.69) is 13.8 Å². The van der Waals surface area contributed by atoms with E-state index >= 15 is 0 Å². The van der Waals surface area contributed by atoms with Crippen LogP contribution in [-0.2, 0) is 15.6 Å². The molecule has 0 aromatic heterocycles. The molecule has 12 heavy (non-hydrogen) atoms. The monoisotopic (exact) mass is 190 g/mol. The standard InChI is InChI=1S/C9H18O2S/c1-8(2)7-12(11)6-4-5-9(3)10/h8H,4-7H2,1-3H3. The summed E-state index contributed by atoms with van der Waals surface area (Å²) in [6.07, 6.45) is 1.35. The summed E-state index contributed by atoms with van der Waals surface area (Å²) >= 11 is 0. The van der Waals surface area contributed by atoms with Gasteiger partial charge >= 0.3 is 0 Å². The van der Waals surface area contributed by atoms with Crippen molar-refractivity contribution in [1.82, 2.24) is 0 Å². The topological polar surface area (TPSA) is 34.1 Å². The third-order valence-electron chi connectivity index (χ3n) is 1.42. The summed E-state index contributed by atoms with van der Waals surface area (Å²) < 4.78 is 11.2. The molecular formula is C9H18O2S. The fraction of sp³-hybridized carbons (Fsp3) is 0.889. The van der Waals surface area contributed by atoms with Gasteiger partial charge in [-0.3, -0.25) is 4.21 Å². The van der Waals surface area contributed by atoms with E-state index in [1.54, 1.807) is 6.92 Å². The number of hydrogen-bond acceptors (Lipinski definition) is 2. The Hall–Kier alpha value is -0.180. The molecule has 0 amide bonds. The van der Waals surface area contributed by atoms with Crippen LogP contribution in [0, 0.1) is 5.92 Å². The molecule has 0 aliphatic heterocycles. The van der Waals surface area contributed by atoms with Gasteiger partial charge in [-0.15, -0.1) is 0 Å². The van der Waals surface area contributed by atoms with Crippen molar-refractivity contribution < 1.29 is 9.00 Å². The summed E-state index contributed by atoms with van der Waals surface area (Å²) in [4.78, 5) is 10.5. The first-order valence-corrected chi connectivity index (χ1v) is 5.85.